The predicted octanol–water partition coefficient (Wildman–Crippen LogP) is 2.99. The highest BCUT2D eigenvalue weighted by molar-refractivity contribution is 6.05. The van der Waals surface area contributed by atoms with Crippen molar-refractivity contribution in [3.05, 3.63) is 65.7 Å². The molecule has 0 aliphatic carbocycles. The first-order valence-corrected chi connectivity index (χ1v) is 8.03. The molecule has 3 rings (SSSR count). The lowest BCUT2D eigenvalue weighted by Gasteiger charge is -2.14. The Morgan fingerprint density at radius 3 is 2.19 bits per heavy atom. The van der Waals surface area contributed by atoms with Crippen LogP contribution in [0.4, 0.5) is 5.69 Å². The van der Waals surface area contributed by atoms with Crippen LogP contribution in [0.1, 0.15) is 15.9 Å². The second kappa shape index (κ2) is 7.17. The van der Waals surface area contributed by atoms with Crippen LogP contribution in [0.15, 0.2) is 54.6 Å². The molecule has 0 aliphatic heterocycles. The summed E-state index contributed by atoms with van der Waals surface area (Å²) in [6.45, 7) is 0. The molecule has 0 radical (unpaired) electrons. The number of nitrogens with one attached hydrogen (secondary N) is 1. The zero-order valence-electron chi connectivity index (χ0n) is 14.6. The van der Waals surface area contributed by atoms with Gasteiger partial charge in [-0.25, -0.2) is 9.78 Å². The fourth-order valence-corrected chi connectivity index (χ4v) is 2.74. The maximum absolute atomic E-state index is 11.0. The summed E-state index contributed by atoms with van der Waals surface area (Å²) >= 11 is 0. The van der Waals surface area contributed by atoms with Crippen LogP contribution >= 0.6 is 0 Å². The van der Waals surface area contributed by atoms with Crippen molar-refractivity contribution in [1.82, 2.24) is 4.98 Å². The number of nitrogen functional groups attached to an aromatic ring is 2. The molecule has 0 bridgehead atoms. The number of aromatic carboxylic acids is 1. The van der Waals surface area contributed by atoms with Crippen LogP contribution in [0.3, 0.4) is 0 Å². The Hall–Kier alpha value is -3.87. The normalized spacial score (nSPS) is 10.4. The molecule has 0 atom stereocenters. The van der Waals surface area contributed by atoms with E-state index in [1.54, 1.807) is 37.4 Å². The van der Waals surface area contributed by atoms with Crippen LogP contribution in [0.2, 0.25) is 0 Å². The van der Waals surface area contributed by atoms with Gasteiger partial charge in [0.15, 0.2) is 0 Å². The maximum atomic E-state index is 11.0. The third-order valence-corrected chi connectivity index (χ3v) is 4.11. The highest BCUT2D eigenvalue weighted by Gasteiger charge is 2.16. The average Bonchev–Trinajstić information content (AvgIpc) is 2.67. The Morgan fingerprint density at radius 1 is 1.07 bits per heavy atom. The Bertz CT molecular complexity index is 1010. The Morgan fingerprint density at radius 2 is 1.67 bits per heavy atom. The molecule has 1 heterocycles. The number of carboxylic acid groups (broad SMARTS) is 1. The lowest BCUT2D eigenvalue weighted by atomic mass is 10.0. The van der Waals surface area contributed by atoms with Gasteiger partial charge in [0.1, 0.15) is 11.6 Å². The topological polar surface area (TPSA) is 135 Å². The number of methoxy groups -OCH3 is 1. The van der Waals surface area contributed by atoms with Crippen molar-refractivity contribution in [2.75, 3.05) is 12.8 Å². The maximum Gasteiger partial charge on any atom is 0.335 e. The number of ether oxygens (including phenoxy) is 1. The van der Waals surface area contributed by atoms with Gasteiger partial charge in [-0.3, -0.25) is 5.41 Å². The quantitative estimate of drug-likeness (QED) is 0.407. The van der Waals surface area contributed by atoms with Gasteiger partial charge >= 0.3 is 5.97 Å². The van der Waals surface area contributed by atoms with Crippen LogP contribution in [-0.2, 0) is 0 Å². The first-order valence-electron chi connectivity index (χ1n) is 8.03. The zero-order chi connectivity index (χ0) is 19.6. The van der Waals surface area contributed by atoms with Gasteiger partial charge in [0, 0.05) is 16.8 Å². The molecule has 0 unspecified atom stereocenters. The van der Waals surface area contributed by atoms with E-state index in [9.17, 15) is 4.79 Å². The molecule has 7 heteroatoms. The Balaban J connectivity index is 2.15. The molecular formula is C20H18N4O3. The number of aromatic nitrogens is 1. The lowest BCUT2D eigenvalue weighted by molar-refractivity contribution is 0.0697. The van der Waals surface area contributed by atoms with Crippen LogP contribution in [0, 0.1) is 5.41 Å². The van der Waals surface area contributed by atoms with Crippen molar-refractivity contribution in [1.29, 1.82) is 5.41 Å². The summed E-state index contributed by atoms with van der Waals surface area (Å²) in [4.78, 5) is 15.7. The molecule has 2 aromatic carbocycles. The number of anilines is 1. The van der Waals surface area contributed by atoms with Gasteiger partial charge in [-0.2, -0.15) is 0 Å². The smallest absolute Gasteiger partial charge is 0.335 e. The largest absolute Gasteiger partial charge is 0.497 e. The molecular weight excluding hydrogens is 344 g/mol. The van der Waals surface area contributed by atoms with Gasteiger partial charge in [-0.05, 0) is 42.5 Å². The van der Waals surface area contributed by atoms with Crippen LogP contribution in [0.5, 0.6) is 5.75 Å². The molecule has 0 aliphatic rings. The number of benzene rings is 2. The third-order valence-electron chi connectivity index (χ3n) is 4.11. The molecule has 6 N–H and O–H groups in total. The summed E-state index contributed by atoms with van der Waals surface area (Å²) in [5.74, 6) is -0.491. The molecule has 0 spiro atoms. The van der Waals surface area contributed by atoms with Crippen molar-refractivity contribution < 1.29 is 14.6 Å². The van der Waals surface area contributed by atoms with Crippen LogP contribution in [-0.4, -0.2) is 29.0 Å². The first-order chi connectivity index (χ1) is 12.9. The highest BCUT2D eigenvalue weighted by atomic mass is 16.5. The van der Waals surface area contributed by atoms with Gasteiger partial charge in [0.25, 0.3) is 0 Å². The molecule has 0 saturated carbocycles. The fourth-order valence-electron chi connectivity index (χ4n) is 2.74. The molecule has 27 heavy (non-hydrogen) atoms. The summed E-state index contributed by atoms with van der Waals surface area (Å²) < 4.78 is 5.17. The second-order valence-electron chi connectivity index (χ2n) is 5.85. The molecule has 0 amide bonds. The number of nitrogens with two attached hydrogens (primary N) is 2. The molecule has 0 fully saturated rings. The molecule has 1 aromatic heterocycles. The van der Waals surface area contributed by atoms with E-state index in [1.807, 2.05) is 12.1 Å². The van der Waals surface area contributed by atoms with Gasteiger partial charge < -0.3 is 21.3 Å². The van der Waals surface area contributed by atoms with Crippen molar-refractivity contribution in [3.8, 4) is 28.3 Å². The minimum absolute atomic E-state index is 0.182. The molecule has 0 saturated heterocycles. The van der Waals surface area contributed by atoms with E-state index in [-0.39, 0.29) is 11.4 Å². The second-order valence-corrected chi connectivity index (χ2v) is 5.85. The highest BCUT2D eigenvalue weighted by Crippen LogP contribution is 2.31. The van der Waals surface area contributed by atoms with Crippen molar-refractivity contribution >= 4 is 17.5 Å². The number of amidine groups is 1. The van der Waals surface area contributed by atoms with E-state index in [2.05, 4.69) is 4.98 Å². The fraction of sp³-hybridized carbons (Fsp3) is 0.0500. The SMILES string of the molecule is COc1ccc(-c2nc(-c3ccc(C(=O)O)cc3)cc(N)c2C(=N)N)cc1. The number of hydrogen-bond acceptors (Lipinski definition) is 5. The van der Waals surface area contributed by atoms with Gasteiger partial charge in [0.2, 0.25) is 0 Å². The summed E-state index contributed by atoms with van der Waals surface area (Å²) in [7, 11) is 1.58. The molecule has 7 nitrogen and oxygen atoms in total. The summed E-state index contributed by atoms with van der Waals surface area (Å²) in [5, 5.41) is 16.9. The standard InChI is InChI=1S/C20H18N4O3/c1-27-14-8-6-12(7-9-14)18-17(19(22)23)15(21)10-16(24-18)11-2-4-13(5-3-11)20(25)26/h2-10H,1H3,(H2,21,24)(H3,22,23)(H,25,26). The predicted molar refractivity (Wildman–Crippen MR) is 104 cm³/mol. The number of carbonyl (C=O) groups is 1. The van der Waals surface area contributed by atoms with Gasteiger partial charge in [-0.1, -0.05) is 12.1 Å². The van der Waals surface area contributed by atoms with E-state index in [0.29, 0.717) is 34.0 Å². The van der Waals surface area contributed by atoms with Crippen molar-refractivity contribution in [2.24, 2.45) is 5.73 Å². The summed E-state index contributed by atoms with van der Waals surface area (Å²) in [5.41, 5.74) is 15.2. The Labute approximate surface area is 155 Å². The van der Waals surface area contributed by atoms with Gasteiger partial charge in [-0.15, -0.1) is 0 Å². The summed E-state index contributed by atoms with van der Waals surface area (Å²) in [6.07, 6.45) is 0. The van der Waals surface area contributed by atoms with Crippen LogP contribution < -0.4 is 16.2 Å². The van der Waals surface area contributed by atoms with E-state index in [1.165, 1.54) is 12.1 Å². The van der Waals surface area contributed by atoms with E-state index in [0.717, 1.165) is 5.56 Å². The number of rotatable bonds is 5. The number of pyridine rings is 1. The van der Waals surface area contributed by atoms with Crippen molar-refractivity contribution in [3.63, 3.8) is 0 Å². The van der Waals surface area contributed by atoms with Crippen LogP contribution in [0.25, 0.3) is 22.5 Å². The number of nitrogens with zero attached hydrogens (tertiary/aromatic N) is 1. The molecule has 3 aromatic rings. The monoisotopic (exact) mass is 362 g/mol. The Kier molecular flexibility index (Phi) is 4.76. The number of carboxylic acids is 1. The minimum Gasteiger partial charge on any atom is -0.497 e. The number of hydrogen-bond donors (Lipinski definition) is 4. The minimum atomic E-state index is -1.00. The van der Waals surface area contributed by atoms with E-state index in [4.69, 9.17) is 26.7 Å². The zero-order valence-corrected chi connectivity index (χ0v) is 14.6. The van der Waals surface area contributed by atoms with E-state index < -0.39 is 5.97 Å². The van der Waals surface area contributed by atoms with Crippen molar-refractivity contribution in [2.45, 2.75) is 0 Å². The third kappa shape index (κ3) is 3.57. The van der Waals surface area contributed by atoms with E-state index >= 15 is 0 Å². The summed E-state index contributed by atoms with van der Waals surface area (Å²) in [6, 6.07) is 15.1. The molecule has 136 valence electrons. The lowest BCUT2D eigenvalue weighted by Crippen LogP contribution is -2.16. The average molecular weight is 362 g/mol. The van der Waals surface area contributed by atoms with Gasteiger partial charge in [0.05, 0.1) is 29.6 Å². The first kappa shape index (κ1) is 17.9.